The molecule has 14 aromatic rings. The number of para-hydroxylation sites is 6. The molecule has 0 aliphatic carbocycles. The number of aromatic nitrogens is 4. The fraction of sp³-hybridized carbons (Fsp3) is 0. The van der Waals surface area contributed by atoms with E-state index in [4.69, 9.17) is 0 Å². The Morgan fingerprint density at radius 2 is 0.603 bits per heavy atom. The lowest BCUT2D eigenvalue weighted by molar-refractivity contribution is 1.18. The molecule has 0 saturated carbocycles. The molecule has 4 heteroatoms. The van der Waals surface area contributed by atoms with Gasteiger partial charge in [-0.2, -0.15) is 0 Å². The Kier molecular flexibility index (Phi) is 5.73. The molecule has 58 heavy (non-hydrogen) atoms. The maximum Gasteiger partial charge on any atom is 0.0643 e. The summed E-state index contributed by atoms with van der Waals surface area (Å²) in [6, 6.07) is 71.4. The number of fused-ring (bicyclic) bond motifs is 18. The Labute approximate surface area is 331 Å². The van der Waals surface area contributed by atoms with E-state index in [1.165, 1.54) is 104 Å². The van der Waals surface area contributed by atoms with Gasteiger partial charge in [0.25, 0.3) is 0 Å². The molecule has 5 aromatic heterocycles. The molecule has 14 rings (SSSR count). The minimum atomic E-state index is 1.16. The van der Waals surface area contributed by atoms with Gasteiger partial charge < -0.3 is 18.1 Å². The van der Waals surface area contributed by atoms with Crippen LogP contribution in [-0.2, 0) is 0 Å². The minimum absolute atomic E-state index is 1.16. The van der Waals surface area contributed by atoms with Gasteiger partial charge in [0.15, 0.2) is 0 Å². The molecular formula is C54H32N4. The van der Waals surface area contributed by atoms with E-state index in [1.54, 1.807) is 0 Å². The summed E-state index contributed by atoms with van der Waals surface area (Å²) in [5.74, 6) is 0. The summed E-state index contributed by atoms with van der Waals surface area (Å²) in [5, 5.41) is 12.6. The van der Waals surface area contributed by atoms with Gasteiger partial charge >= 0.3 is 0 Å². The van der Waals surface area contributed by atoms with Gasteiger partial charge in [-0.15, -0.1) is 0 Å². The number of rotatable bonds is 3. The molecule has 0 radical (unpaired) electrons. The third kappa shape index (κ3) is 3.66. The SMILES string of the molecule is c1ccc(-n2c3ccccc3c3ccc4c(c5cc6c7ccccc7n(-c7ccccc7)c6c6c7c8c(ccc7n4c56)c4ccccc4n8-c4ccccc4)c32)cc1. The highest BCUT2D eigenvalue weighted by Gasteiger charge is 2.29. The van der Waals surface area contributed by atoms with Crippen LogP contribution in [0.1, 0.15) is 0 Å². The van der Waals surface area contributed by atoms with E-state index in [9.17, 15) is 0 Å². The van der Waals surface area contributed by atoms with E-state index in [0.717, 1.165) is 17.1 Å². The van der Waals surface area contributed by atoms with E-state index < -0.39 is 0 Å². The van der Waals surface area contributed by atoms with Crippen LogP contribution in [0.4, 0.5) is 0 Å². The molecular weight excluding hydrogens is 705 g/mol. The third-order valence-electron chi connectivity index (χ3n) is 12.8. The van der Waals surface area contributed by atoms with Gasteiger partial charge in [-0.25, -0.2) is 0 Å². The first-order valence-electron chi connectivity index (χ1n) is 20.0. The van der Waals surface area contributed by atoms with Gasteiger partial charge in [-0.1, -0.05) is 121 Å². The second-order valence-electron chi connectivity index (χ2n) is 15.7. The zero-order valence-electron chi connectivity index (χ0n) is 31.3. The first-order chi connectivity index (χ1) is 28.8. The van der Waals surface area contributed by atoms with Gasteiger partial charge in [0.2, 0.25) is 0 Å². The predicted octanol–water partition coefficient (Wildman–Crippen LogP) is 14.1. The zero-order valence-corrected chi connectivity index (χ0v) is 31.3. The van der Waals surface area contributed by atoms with Gasteiger partial charge in [-0.3, -0.25) is 0 Å². The predicted molar refractivity (Wildman–Crippen MR) is 244 cm³/mol. The van der Waals surface area contributed by atoms with Crippen molar-refractivity contribution in [2.75, 3.05) is 0 Å². The highest BCUT2D eigenvalue weighted by atomic mass is 15.0. The van der Waals surface area contributed by atoms with Crippen LogP contribution in [0.2, 0.25) is 0 Å². The summed E-state index contributed by atoms with van der Waals surface area (Å²) in [5.41, 5.74) is 14.5. The molecule has 0 saturated heterocycles. The summed E-state index contributed by atoms with van der Waals surface area (Å²) in [6.45, 7) is 0. The Balaban J connectivity index is 1.32. The average Bonchev–Trinajstić information content (AvgIpc) is 4.08. The molecule has 0 aliphatic rings. The van der Waals surface area contributed by atoms with Crippen LogP contribution in [0.15, 0.2) is 194 Å². The van der Waals surface area contributed by atoms with Crippen LogP contribution in [-0.4, -0.2) is 18.1 Å². The lowest BCUT2D eigenvalue weighted by Gasteiger charge is -2.12. The lowest BCUT2D eigenvalue weighted by atomic mass is 10.0. The minimum Gasteiger partial charge on any atom is -0.309 e. The van der Waals surface area contributed by atoms with E-state index in [1.807, 2.05) is 0 Å². The van der Waals surface area contributed by atoms with E-state index in [0.29, 0.717) is 0 Å². The first-order valence-corrected chi connectivity index (χ1v) is 20.0. The Morgan fingerprint density at radius 1 is 0.224 bits per heavy atom. The van der Waals surface area contributed by atoms with Crippen LogP contribution in [0.3, 0.4) is 0 Å². The number of benzene rings is 9. The first kappa shape index (κ1) is 30.4. The van der Waals surface area contributed by atoms with E-state index in [2.05, 4.69) is 212 Å². The van der Waals surface area contributed by atoms with Crippen molar-refractivity contribution in [3.63, 3.8) is 0 Å². The summed E-state index contributed by atoms with van der Waals surface area (Å²) in [6.07, 6.45) is 0. The Hall–Kier alpha value is -7.82. The second-order valence-corrected chi connectivity index (χ2v) is 15.7. The largest absolute Gasteiger partial charge is 0.309 e. The number of nitrogens with zero attached hydrogens (tertiary/aromatic N) is 4. The van der Waals surface area contributed by atoms with Crippen molar-refractivity contribution in [1.82, 2.24) is 18.1 Å². The maximum absolute atomic E-state index is 2.58. The lowest BCUT2D eigenvalue weighted by Crippen LogP contribution is -1.95. The molecule has 0 N–H and O–H groups in total. The van der Waals surface area contributed by atoms with Gasteiger partial charge in [0, 0.05) is 70.9 Å². The molecule has 268 valence electrons. The van der Waals surface area contributed by atoms with E-state index >= 15 is 0 Å². The average molecular weight is 737 g/mol. The number of hydrogen-bond acceptors (Lipinski definition) is 0. The second kappa shape index (κ2) is 10.9. The van der Waals surface area contributed by atoms with Crippen LogP contribution in [0.25, 0.3) is 121 Å². The van der Waals surface area contributed by atoms with E-state index in [-0.39, 0.29) is 0 Å². The molecule has 0 spiro atoms. The standard InChI is InChI=1S/C54H32N4/c1-4-16-33(17-5-1)55-43-25-13-10-22-36(43)39-28-30-46-48(51(39)55)42-32-41-38-24-12-15-27-45(38)57(35-20-8-3-9-21-35)53(41)50-49-47(58(46)54(42)50)31-29-40-37-23-11-14-26-44(37)56(52(40)49)34-18-6-2-7-19-34/h1-32H. The highest BCUT2D eigenvalue weighted by molar-refractivity contribution is 6.40. The molecule has 0 unspecified atom stereocenters. The molecule has 9 aromatic carbocycles. The molecule has 5 heterocycles. The molecule has 4 nitrogen and oxygen atoms in total. The molecule has 0 amide bonds. The number of hydrogen-bond donors (Lipinski definition) is 0. The van der Waals surface area contributed by atoms with Crippen LogP contribution < -0.4 is 0 Å². The van der Waals surface area contributed by atoms with Crippen LogP contribution in [0.5, 0.6) is 0 Å². The summed E-state index contributed by atoms with van der Waals surface area (Å²) in [7, 11) is 0. The van der Waals surface area contributed by atoms with Crippen molar-refractivity contribution >= 4 is 104 Å². The quantitative estimate of drug-likeness (QED) is 0.172. The fourth-order valence-electron chi connectivity index (χ4n) is 10.7. The summed E-state index contributed by atoms with van der Waals surface area (Å²) in [4.78, 5) is 0. The maximum atomic E-state index is 2.58. The molecule has 0 atom stereocenters. The zero-order chi connectivity index (χ0) is 37.6. The molecule has 0 fully saturated rings. The monoisotopic (exact) mass is 736 g/mol. The fourth-order valence-corrected chi connectivity index (χ4v) is 10.7. The van der Waals surface area contributed by atoms with Crippen molar-refractivity contribution in [3.05, 3.63) is 194 Å². The van der Waals surface area contributed by atoms with Crippen molar-refractivity contribution in [2.24, 2.45) is 0 Å². The van der Waals surface area contributed by atoms with Gasteiger partial charge in [0.1, 0.15) is 0 Å². The molecule has 0 bridgehead atoms. The third-order valence-corrected chi connectivity index (χ3v) is 12.8. The van der Waals surface area contributed by atoms with Crippen molar-refractivity contribution in [1.29, 1.82) is 0 Å². The normalized spacial score (nSPS) is 12.5. The topological polar surface area (TPSA) is 19.2 Å². The van der Waals surface area contributed by atoms with Crippen molar-refractivity contribution in [2.45, 2.75) is 0 Å². The van der Waals surface area contributed by atoms with Crippen LogP contribution in [0, 0.1) is 0 Å². The van der Waals surface area contributed by atoms with Gasteiger partial charge in [-0.05, 0) is 72.8 Å². The van der Waals surface area contributed by atoms with Crippen molar-refractivity contribution in [3.8, 4) is 17.1 Å². The highest BCUT2D eigenvalue weighted by Crippen LogP contribution is 2.51. The Morgan fingerprint density at radius 3 is 1.09 bits per heavy atom. The summed E-state index contributed by atoms with van der Waals surface area (Å²) >= 11 is 0. The summed E-state index contributed by atoms with van der Waals surface area (Å²) < 4.78 is 10.1. The van der Waals surface area contributed by atoms with Crippen LogP contribution >= 0.6 is 0 Å². The smallest absolute Gasteiger partial charge is 0.0643 e. The molecule has 0 aliphatic heterocycles. The van der Waals surface area contributed by atoms with Gasteiger partial charge in [0.05, 0.1) is 49.7 Å². The van der Waals surface area contributed by atoms with Crippen molar-refractivity contribution < 1.29 is 0 Å². The Bertz CT molecular complexity index is 3990.